The maximum Gasteiger partial charge on any atom is 0.195 e. The van der Waals surface area contributed by atoms with E-state index in [1.807, 2.05) is 22.1 Å². The average Bonchev–Trinajstić information content (AvgIpc) is 2.77. The quantitative estimate of drug-likeness (QED) is 0.761. The molecule has 0 aliphatic rings. The van der Waals surface area contributed by atoms with E-state index in [9.17, 15) is 0 Å². The van der Waals surface area contributed by atoms with Gasteiger partial charge in [-0.25, -0.2) is 4.98 Å². The first kappa shape index (κ1) is 11.0. The van der Waals surface area contributed by atoms with Gasteiger partial charge in [0.2, 0.25) is 0 Å². The minimum Gasteiger partial charge on any atom is -0.289 e. The maximum atomic E-state index is 6.05. The third-order valence-corrected chi connectivity index (χ3v) is 3.60. The summed E-state index contributed by atoms with van der Waals surface area (Å²) in [7, 11) is 0. The molecule has 0 aliphatic carbocycles. The van der Waals surface area contributed by atoms with Crippen LogP contribution in [0.2, 0.25) is 5.15 Å². The lowest BCUT2D eigenvalue weighted by atomic mass is 10.2. The topological polar surface area (TPSA) is 17.3 Å². The lowest BCUT2D eigenvalue weighted by molar-refractivity contribution is 1.11. The molecule has 2 aromatic heterocycles. The Morgan fingerprint density at radius 2 is 2.47 bits per heavy atom. The number of nitrogens with zero attached hydrogens (tertiary/aromatic N) is 2. The number of aromatic nitrogens is 2. The lowest BCUT2D eigenvalue weighted by Crippen LogP contribution is -1.86. The normalized spacial score (nSPS) is 12.6. The van der Waals surface area contributed by atoms with Crippen LogP contribution in [-0.4, -0.2) is 15.3 Å². The highest BCUT2D eigenvalue weighted by Crippen LogP contribution is 2.24. The van der Waals surface area contributed by atoms with Crippen LogP contribution in [0, 0.1) is 0 Å². The fourth-order valence-electron chi connectivity index (χ4n) is 1.33. The molecule has 15 heavy (non-hydrogen) atoms. The van der Waals surface area contributed by atoms with Crippen molar-refractivity contribution < 1.29 is 0 Å². The minimum atomic E-state index is 0.532. The van der Waals surface area contributed by atoms with Gasteiger partial charge in [-0.3, -0.25) is 4.40 Å². The molecule has 0 bridgehead atoms. The summed E-state index contributed by atoms with van der Waals surface area (Å²) < 4.78 is 1.98. The van der Waals surface area contributed by atoms with Crippen LogP contribution >= 0.6 is 34.5 Å². The predicted molar refractivity (Wildman–Crippen MR) is 67.1 cm³/mol. The summed E-state index contributed by atoms with van der Waals surface area (Å²) in [5.41, 5.74) is 2.08. The number of fused-ring (bicyclic) bond motifs is 1. The first-order valence-corrected chi connectivity index (χ1v) is 6.42. The van der Waals surface area contributed by atoms with Gasteiger partial charge < -0.3 is 0 Å². The molecule has 0 unspecified atom stereocenters. The van der Waals surface area contributed by atoms with E-state index in [4.69, 9.17) is 23.2 Å². The largest absolute Gasteiger partial charge is 0.289 e. The van der Waals surface area contributed by atoms with Gasteiger partial charge in [-0.2, -0.15) is 0 Å². The summed E-state index contributed by atoms with van der Waals surface area (Å²) in [6.07, 6.45) is 4.91. The highest BCUT2D eigenvalue weighted by molar-refractivity contribution is 7.15. The van der Waals surface area contributed by atoms with Gasteiger partial charge in [-0.15, -0.1) is 22.9 Å². The predicted octanol–water partition coefficient (Wildman–Crippen LogP) is 4.08. The zero-order chi connectivity index (χ0) is 10.8. The molecule has 0 aromatic carbocycles. The zero-order valence-electron chi connectivity index (χ0n) is 8.20. The first-order valence-electron chi connectivity index (χ1n) is 4.62. The molecule has 0 amide bonds. The van der Waals surface area contributed by atoms with Gasteiger partial charge in [-0.1, -0.05) is 24.1 Å². The van der Waals surface area contributed by atoms with Gasteiger partial charge in [0.1, 0.15) is 0 Å². The molecule has 2 rings (SSSR count). The van der Waals surface area contributed by atoms with Crippen LogP contribution in [-0.2, 0) is 0 Å². The van der Waals surface area contributed by atoms with Crippen molar-refractivity contribution in [1.82, 2.24) is 9.38 Å². The Kier molecular flexibility index (Phi) is 3.34. The number of hydrogen-bond acceptors (Lipinski definition) is 2. The number of rotatable bonds is 3. The molecule has 2 heterocycles. The standard InChI is InChI=1S/C10H10Cl2N2S/c1-2-7(6-11)5-8-9(12)13-10-14(8)3-4-15-10/h3-5H,2,6H2,1H3. The molecule has 0 aliphatic heterocycles. The van der Waals surface area contributed by atoms with Crippen LogP contribution < -0.4 is 0 Å². The van der Waals surface area contributed by atoms with Crippen molar-refractivity contribution in [2.75, 3.05) is 5.88 Å². The SMILES string of the molecule is CCC(=Cc1c(Cl)nc2sccn12)CCl. The van der Waals surface area contributed by atoms with Crippen molar-refractivity contribution in [1.29, 1.82) is 0 Å². The minimum absolute atomic E-state index is 0.532. The highest BCUT2D eigenvalue weighted by atomic mass is 35.5. The van der Waals surface area contributed by atoms with Crippen LogP contribution in [0.5, 0.6) is 0 Å². The second-order valence-electron chi connectivity index (χ2n) is 3.13. The van der Waals surface area contributed by atoms with Gasteiger partial charge in [0.15, 0.2) is 10.1 Å². The fourth-order valence-corrected chi connectivity index (χ4v) is 2.60. The molecule has 80 valence electrons. The van der Waals surface area contributed by atoms with E-state index in [0.717, 1.165) is 22.6 Å². The van der Waals surface area contributed by atoms with E-state index >= 15 is 0 Å². The molecule has 0 fully saturated rings. The zero-order valence-corrected chi connectivity index (χ0v) is 10.5. The van der Waals surface area contributed by atoms with Crippen molar-refractivity contribution in [3.63, 3.8) is 0 Å². The number of allylic oxidation sites excluding steroid dienone is 1. The summed E-state index contributed by atoms with van der Waals surface area (Å²) >= 11 is 13.4. The molecule has 0 N–H and O–H groups in total. The summed E-state index contributed by atoms with van der Waals surface area (Å²) in [6.45, 7) is 2.08. The summed E-state index contributed by atoms with van der Waals surface area (Å²) in [6, 6.07) is 0. The van der Waals surface area contributed by atoms with Crippen molar-refractivity contribution in [2.24, 2.45) is 0 Å². The van der Waals surface area contributed by atoms with Crippen molar-refractivity contribution >= 4 is 45.6 Å². The Bertz CT molecular complexity index is 492. The highest BCUT2D eigenvalue weighted by Gasteiger charge is 2.09. The molecule has 2 aromatic rings. The third-order valence-electron chi connectivity index (χ3n) is 2.22. The van der Waals surface area contributed by atoms with Crippen LogP contribution in [0.1, 0.15) is 19.0 Å². The molecule has 2 nitrogen and oxygen atoms in total. The molecule has 0 spiro atoms. The van der Waals surface area contributed by atoms with Gasteiger partial charge in [0.05, 0.1) is 5.69 Å². The average molecular weight is 261 g/mol. The summed E-state index contributed by atoms with van der Waals surface area (Å²) in [5.74, 6) is 0.532. The van der Waals surface area contributed by atoms with Crippen LogP contribution in [0.25, 0.3) is 11.0 Å². The van der Waals surface area contributed by atoms with E-state index in [1.165, 1.54) is 0 Å². The van der Waals surface area contributed by atoms with Crippen LogP contribution in [0.3, 0.4) is 0 Å². The number of halogens is 2. The Hall–Kier alpha value is -0.510. The van der Waals surface area contributed by atoms with E-state index in [-0.39, 0.29) is 0 Å². The number of hydrogen-bond donors (Lipinski definition) is 0. The fraction of sp³-hybridized carbons (Fsp3) is 0.300. The summed E-state index contributed by atoms with van der Waals surface area (Å²) in [4.78, 5) is 5.17. The van der Waals surface area contributed by atoms with Crippen molar-refractivity contribution in [3.8, 4) is 0 Å². The van der Waals surface area contributed by atoms with Crippen molar-refractivity contribution in [2.45, 2.75) is 13.3 Å². The Balaban J connectivity index is 2.54. The second-order valence-corrected chi connectivity index (χ2v) is 4.63. The number of imidazole rings is 1. The van der Waals surface area contributed by atoms with E-state index < -0.39 is 0 Å². The van der Waals surface area contributed by atoms with Gasteiger partial charge in [0.25, 0.3) is 0 Å². The van der Waals surface area contributed by atoms with E-state index in [1.54, 1.807) is 11.3 Å². The Morgan fingerprint density at radius 3 is 3.13 bits per heavy atom. The summed E-state index contributed by atoms with van der Waals surface area (Å²) in [5, 5.41) is 2.53. The third kappa shape index (κ3) is 2.05. The van der Waals surface area contributed by atoms with Crippen molar-refractivity contribution in [3.05, 3.63) is 28.0 Å². The molecular formula is C10H10Cl2N2S. The van der Waals surface area contributed by atoms with Gasteiger partial charge in [-0.05, 0) is 12.5 Å². The van der Waals surface area contributed by atoms with Crippen LogP contribution in [0.15, 0.2) is 17.2 Å². The second kappa shape index (κ2) is 4.56. The lowest BCUT2D eigenvalue weighted by Gasteiger charge is -1.98. The molecule has 0 atom stereocenters. The maximum absolute atomic E-state index is 6.05. The molecule has 0 radical (unpaired) electrons. The first-order chi connectivity index (χ1) is 7.26. The van der Waals surface area contributed by atoms with Gasteiger partial charge in [0, 0.05) is 17.5 Å². The molecular weight excluding hydrogens is 251 g/mol. The Morgan fingerprint density at radius 1 is 1.67 bits per heavy atom. The molecule has 0 saturated carbocycles. The van der Waals surface area contributed by atoms with Gasteiger partial charge >= 0.3 is 0 Å². The monoisotopic (exact) mass is 260 g/mol. The van der Waals surface area contributed by atoms with E-state index in [2.05, 4.69) is 11.9 Å². The Labute approximate surface area is 102 Å². The number of alkyl halides is 1. The smallest absolute Gasteiger partial charge is 0.195 e. The number of thiazole rings is 1. The van der Waals surface area contributed by atoms with Crippen LogP contribution in [0.4, 0.5) is 0 Å². The molecule has 5 heteroatoms. The molecule has 0 saturated heterocycles. The van der Waals surface area contributed by atoms with E-state index in [0.29, 0.717) is 11.0 Å².